The van der Waals surface area contributed by atoms with Crippen molar-refractivity contribution in [1.29, 1.82) is 5.26 Å². The van der Waals surface area contributed by atoms with E-state index in [1.54, 1.807) is 13.4 Å². The Kier molecular flexibility index (Phi) is 9.18. The molecule has 0 amide bonds. The van der Waals surface area contributed by atoms with Gasteiger partial charge in [0.15, 0.2) is 0 Å². The fraction of sp³-hybridized carbons (Fsp3) is 0.483. The van der Waals surface area contributed by atoms with Gasteiger partial charge in [-0.3, -0.25) is 4.68 Å². The van der Waals surface area contributed by atoms with Gasteiger partial charge in [0.25, 0.3) is 0 Å². The van der Waals surface area contributed by atoms with Crippen molar-refractivity contribution in [2.75, 3.05) is 31.7 Å². The van der Waals surface area contributed by atoms with Crippen molar-refractivity contribution >= 4 is 40.9 Å². The van der Waals surface area contributed by atoms with Gasteiger partial charge in [-0.05, 0) is 46.1 Å². The number of hydrogen-bond donors (Lipinski definition) is 0. The summed E-state index contributed by atoms with van der Waals surface area (Å²) in [5.74, 6) is 1.17. The lowest BCUT2D eigenvalue weighted by Crippen LogP contribution is -2.26. The van der Waals surface area contributed by atoms with Crippen LogP contribution in [0.1, 0.15) is 24.4 Å². The smallest absolute Gasteiger partial charge is 0.145 e. The van der Waals surface area contributed by atoms with Crippen LogP contribution in [-0.4, -0.2) is 64.2 Å². The molecule has 12 heteroatoms. The number of aromatic nitrogens is 6. The number of nitriles is 1. The molecule has 4 aromatic rings. The topological polar surface area (TPSA) is 107 Å². The fourth-order valence-corrected chi connectivity index (χ4v) is 6.70. The number of ether oxygens (including phenoxy) is 2. The van der Waals surface area contributed by atoms with E-state index in [1.807, 2.05) is 46.2 Å². The molecule has 2 atom stereocenters. The number of rotatable bonds is 12. The Balaban J connectivity index is 1.33. The monoisotopic (exact) mass is 636 g/mol. The lowest BCUT2D eigenvalue weighted by molar-refractivity contribution is 0.0899. The third kappa shape index (κ3) is 6.70. The molecular weight excluding hydrogens is 600 g/mol. The second-order valence-corrected chi connectivity index (χ2v) is 18.2. The van der Waals surface area contributed by atoms with Gasteiger partial charge in [0.1, 0.15) is 24.5 Å². The Morgan fingerprint density at radius 3 is 2.85 bits per heavy atom. The Labute approximate surface area is 250 Å². The lowest BCUT2D eigenvalue weighted by atomic mass is 9.96. The molecule has 41 heavy (non-hydrogen) atoms. The van der Waals surface area contributed by atoms with Gasteiger partial charge in [0, 0.05) is 70.3 Å². The molecule has 5 heterocycles. The number of hydrogen-bond acceptors (Lipinski definition) is 8. The van der Waals surface area contributed by atoms with Crippen LogP contribution in [0.5, 0.6) is 0 Å². The van der Waals surface area contributed by atoms with Crippen LogP contribution in [0.4, 0.5) is 5.82 Å². The molecule has 1 aliphatic rings. The van der Waals surface area contributed by atoms with Crippen molar-refractivity contribution in [1.82, 2.24) is 29.3 Å². The Bertz CT molecular complexity index is 1530. The minimum atomic E-state index is -1.14. The maximum absolute atomic E-state index is 9.71. The summed E-state index contributed by atoms with van der Waals surface area (Å²) in [6.45, 7) is 10.4. The second kappa shape index (κ2) is 12.8. The minimum absolute atomic E-state index is 0.0543. The van der Waals surface area contributed by atoms with Crippen LogP contribution in [0.15, 0.2) is 47.7 Å². The third-order valence-corrected chi connectivity index (χ3v) is 10.2. The lowest BCUT2D eigenvalue weighted by Gasteiger charge is -2.24. The maximum atomic E-state index is 9.71. The van der Waals surface area contributed by atoms with E-state index in [2.05, 4.69) is 61.5 Å². The summed E-state index contributed by atoms with van der Waals surface area (Å²) in [7, 11) is 0.550. The third-order valence-electron chi connectivity index (χ3n) is 7.62. The summed E-state index contributed by atoms with van der Waals surface area (Å²) >= 11 is 3.73. The molecule has 0 aromatic carbocycles. The molecule has 1 saturated heterocycles. The summed E-state index contributed by atoms with van der Waals surface area (Å²) in [5.41, 5.74) is 3.64. The van der Waals surface area contributed by atoms with Crippen molar-refractivity contribution in [2.45, 2.75) is 57.9 Å². The summed E-state index contributed by atoms with van der Waals surface area (Å²) in [6.07, 6.45) is 10.6. The first-order chi connectivity index (χ1) is 19.8. The van der Waals surface area contributed by atoms with E-state index in [-0.39, 0.29) is 12.0 Å². The van der Waals surface area contributed by atoms with Crippen molar-refractivity contribution in [2.24, 2.45) is 5.92 Å². The van der Waals surface area contributed by atoms with E-state index in [0.29, 0.717) is 19.8 Å². The highest BCUT2D eigenvalue weighted by atomic mass is 79.9. The van der Waals surface area contributed by atoms with Gasteiger partial charge >= 0.3 is 0 Å². The number of nitrogens with zero attached hydrogens (tertiary/aromatic N) is 8. The highest BCUT2D eigenvalue weighted by Crippen LogP contribution is 2.37. The molecule has 216 valence electrons. The van der Waals surface area contributed by atoms with Gasteiger partial charge in [-0.15, -0.1) is 0 Å². The van der Waals surface area contributed by atoms with Gasteiger partial charge in [-0.25, -0.2) is 15.0 Å². The van der Waals surface area contributed by atoms with E-state index < -0.39 is 8.07 Å². The molecule has 0 N–H and O–H groups in total. The van der Waals surface area contributed by atoms with Gasteiger partial charge in [-0.1, -0.05) is 19.6 Å². The SMILES string of the molecule is COCc1ccnc(N2CC[C@H]([C@H](CC#N)n3cc(-c4ncnc5c4ccn5COCC[Si](C)(C)C)cn3)C2)c1Br. The number of fused-ring (bicyclic) bond motifs is 1. The summed E-state index contributed by atoms with van der Waals surface area (Å²) in [4.78, 5) is 16.1. The van der Waals surface area contributed by atoms with Crippen molar-refractivity contribution < 1.29 is 9.47 Å². The first kappa shape index (κ1) is 29.4. The molecule has 1 aliphatic heterocycles. The van der Waals surface area contributed by atoms with Crippen LogP contribution >= 0.6 is 15.9 Å². The van der Waals surface area contributed by atoms with Gasteiger partial charge in [0.05, 0.1) is 41.5 Å². The summed E-state index contributed by atoms with van der Waals surface area (Å²) in [5, 5.41) is 15.4. The maximum Gasteiger partial charge on any atom is 0.145 e. The van der Waals surface area contributed by atoms with Gasteiger partial charge in [0.2, 0.25) is 0 Å². The number of pyridine rings is 1. The predicted octanol–water partition coefficient (Wildman–Crippen LogP) is 5.89. The first-order valence-electron chi connectivity index (χ1n) is 14.0. The Morgan fingerprint density at radius 2 is 2.07 bits per heavy atom. The van der Waals surface area contributed by atoms with Crippen LogP contribution < -0.4 is 4.90 Å². The molecule has 0 saturated carbocycles. The minimum Gasteiger partial charge on any atom is -0.380 e. The van der Waals surface area contributed by atoms with E-state index in [1.165, 1.54) is 0 Å². The molecule has 0 unspecified atom stereocenters. The molecule has 1 fully saturated rings. The molecule has 0 aliphatic carbocycles. The van der Waals surface area contributed by atoms with Crippen LogP contribution in [0.25, 0.3) is 22.3 Å². The van der Waals surface area contributed by atoms with E-state index in [0.717, 1.165) is 70.3 Å². The normalized spacial score (nSPS) is 16.4. The average molecular weight is 638 g/mol. The van der Waals surface area contributed by atoms with Gasteiger partial charge in [-0.2, -0.15) is 10.4 Å². The molecule has 10 nitrogen and oxygen atoms in total. The summed E-state index contributed by atoms with van der Waals surface area (Å²) in [6, 6.07) is 7.46. The fourth-order valence-electron chi connectivity index (χ4n) is 5.34. The Morgan fingerprint density at radius 1 is 1.22 bits per heavy atom. The van der Waals surface area contributed by atoms with Crippen molar-refractivity contribution in [3.05, 3.63) is 53.3 Å². The Hall–Kier alpha value is -3.11. The molecule has 0 spiro atoms. The van der Waals surface area contributed by atoms with Crippen LogP contribution in [0.2, 0.25) is 25.7 Å². The molecule has 0 radical (unpaired) electrons. The number of anilines is 1. The zero-order chi connectivity index (χ0) is 29.0. The van der Waals surface area contributed by atoms with E-state index in [4.69, 9.17) is 14.6 Å². The van der Waals surface area contributed by atoms with E-state index >= 15 is 0 Å². The highest BCUT2D eigenvalue weighted by molar-refractivity contribution is 9.10. The number of methoxy groups -OCH3 is 1. The van der Waals surface area contributed by atoms with Crippen LogP contribution in [0.3, 0.4) is 0 Å². The quantitative estimate of drug-likeness (QED) is 0.140. The number of halogens is 1. The van der Waals surface area contributed by atoms with Crippen molar-refractivity contribution in [3.8, 4) is 17.3 Å². The first-order valence-corrected chi connectivity index (χ1v) is 18.5. The van der Waals surface area contributed by atoms with Crippen molar-refractivity contribution in [3.63, 3.8) is 0 Å². The largest absolute Gasteiger partial charge is 0.380 e. The highest BCUT2D eigenvalue weighted by Gasteiger charge is 2.33. The van der Waals surface area contributed by atoms with Crippen LogP contribution in [-0.2, 0) is 22.8 Å². The summed E-state index contributed by atoms with van der Waals surface area (Å²) < 4.78 is 16.2. The zero-order valence-corrected chi connectivity index (χ0v) is 26.7. The molecule has 5 rings (SSSR count). The average Bonchev–Trinajstić information content (AvgIpc) is 3.71. The molecule has 0 bridgehead atoms. The molecular formula is C29H37BrN8O2Si. The van der Waals surface area contributed by atoms with E-state index in [9.17, 15) is 5.26 Å². The zero-order valence-electron chi connectivity index (χ0n) is 24.1. The molecule has 4 aromatic heterocycles. The standard InChI is InChI=1S/C29H37BrN8O2Si/c1-39-18-22-6-10-32-29(26(22)30)36-11-7-21(16-36)25(5-9-31)38-17-23(15-35-38)27-24-8-12-37(28(24)34-19-33-27)20-40-13-14-41(2,3)4/h6,8,10,12,15,17,19,21,25H,5,7,11,13-14,16,18,20H2,1-4H3/t21-,25-/m0/s1. The van der Waals surface area contributed by atoms with Gasteiger partial charge < -0.3 is 18.9 Å². The second-order valence-electron chi connectivity index (χ2n) is 11.8. The predicted molar refractivity (Wildman–Crippen MR) is 165 cm³/mol. The van der Waals surface area contributed by atoms with Crippen LogP contribution in [0, 0.1) is 17.2 Å².